The van der Waals surface area contributed by atoms with Crippen LogP contribution in [-0.2, 0) is 11.2 Å². The molecule has 0 aromatic heterocycles. The zero-order valence-corrected chi connectivity index (χ0v) is 22.3. The first-order valence-electron chi connectivity index (χ1n) is 10.9. The average molecular weight is 606 g/mol. The standard InChI is InChI=1S/C21H34Br2N8O3/c22-15-11-14(12-16(23)18(15)34-10-6-5-9-30-21(26)27)13-17(31-33)19(32)28-7-3-1-2-4-8-29-20(24)25/h11-12,33H,1-10,13H2,(H,28,32)(H4,24,25,29)(H4,26,27,30)/b31-17+. The van der Waals surface area contributed by atoms with Gasteiger partial charge in [0.2, 0.25) is 0 Å². The van der Waals surface area contributed by atoms with Crippen molar-refractivity contribution in [2.75, 3.05) is 26.2 Å². The predicted molar refractivity (Wildman–Crippen MR) is 142 cm³/mol. The summed E-state index contributed by atoms with van der Waals surface area (Å²) in [5.41, 5.74) is 22.0. The molecule has 1 rings (SSSR count). The fourth-order valence-corrected chi connectivity index (χ4v) is 4.42. The first-order chi connectivity index (χ1) is 16.2. The molecule has 1 aromatic carbocycles. The number of aliphatic imine (C=N–C) groups is 2. The number of hydrogen-bond donors (Lipinski definition) is 6. The van der Waals surface area contributed by atoms with Gasteiger partial charge in [-0.05, 0) is 75.2 Å². The molecule has 1 aromatic rings. The van der Waals surface area contributed by atoms with Gasteiger partial charge in [-0.1, -0.05) is 18.0 Å². The third kappa shape index (κ3) is 12.6. The second kappa shape index (κ2) is 17.0. The minimum Gasteiger partial charge on any atom is -0.491 e. The fourth-order valence-electron chi connectivity index (χ4n) is 2.91. The van der Waals surface area contributed by atoms with Gasteiger partial charge in [0, 0.05) is 26.1 Å². The number of halogens is 2. The molecule has 0 heterocycles. The summed E-state index contributed by atoms with van der Waals surface area (Å²) < 4.78 is 7.28. The summed E-state index contributed by atoms with van der Waals surface area (Å²) in [6.45, 7) is 2.14. The molecular weight excluding hydrogens is 572 g/mol. The van der Waals surface area contributed by atoms with Crippen molar-refractivity contribution in [3.05, 3.63) is 26.6 Å². The predicted octanol–water partition coefficient (Wildman–Crippen LogP) is 1.97. The van der Waals surface area contributed by atoms with Crippen LogP contribution in [-0.4, -0.2) is 55.0 Å². The molecule has 0 aliphatic rings. The second-order valence-electron chi connectivity index (χ2n) is 7.45. The van der Waals surface area contributed by atoms with Gasteiger partial charge in [0.05, 0.1) is 15.6 Å². The average Bonchev–Trinajstić information content (AvgIpc) is 2.77. The minimum absolute atomic E-state index is 0.0277. The smallest absolute Gasteiger partial charge is 0.269 e. The third-order valence-corrected chi connectivity index (χ3v) is 5.75. The number of oxime groups is 1. The third-order valence-electron chi connectivity index (χ3n) is 4.57. The van der Waals surface area contributed by atoms with E-state index in [2.05, 4.69) is 52.3 Å². The number of nitrogens with one attached hydrogen (secondary N) is 1. The van der Waals surface area contributed by atoms with Crippen molar-refractivity contribution in [3.63, 3.8) is 0 Å². The summed E-state index contributed by atoms with van der Waals surface area (Å²) in [5, 5.41) is 15.3. The minimum atomic E-state index is -0.406. The normalized spacial score (nSPS) is 11.1. The Labute approximate surface area is 216 Å². The van der Waals surface area contributed by atoms with Crippen LogP contribution >= 0.6 is 31.9 Å². The summed E-state index contributed by atoms with van der Waals surface area (Å²) in [6, 6.07) is 3.66. The van der Waals surface area contributed by atoms with Crippen molar-refractivity contribution >= 4 is 55.4 Å². The number of guanidine groups is 2. The summed E-state index contributed by atoms with van der Waals surface area (Å²) in [4.78, 5) is 20.2. The van der Waals surface area contributed by atoms with Crippen molar-refractivity contribution in [1.82, 2.24) is 5.32 Å². The summed E-state index contributed by atoms with van der Waals surface area (Å²) >= 11 is 7.00. The van der Waals surface area contributed by atoms with Crippen molar-refractivity contribution in [1.29, 1.82) is 0 Å². The molecule has 0 spiro atoms. The van der Waals surface area contributed by atoms with E-state index in [1.54, 1.807) is 0 Å². The molecule has 0 aliphatic carbocycles. The van der Waals surface area contributed by atoms with Crippen molar-refractivity contribution < 1.29 is 14.7 Å². The largest absolute Gasteiger partial charge is 0.491 e. The first kappa shape index (κ1) is 29.5. The highest BCUT2D eigenvalue weighted by molar-refractivity contribution is 9.11. The SMILES string of the molecule is NC(N)=NCCCCCCNC(=O)/C(Cc1cc(Br)c(OCCCCN=C(N)N)c(Br)c1)=N/O. The number of amides is 1. The molecule has 0 unspecified atom stereocenters. The van der Waals surface area contributed by atoms with E-state index >= 15 is 0 Å². The van der Waals surface area contributed by atoms with Crippen LogP contribution in [0.1, 0.15) is 44.1 Å². The van der Waals surface area contributed by atoms with Gasteiger partial charge in [-0.15, -0.1) is 0 Å². The maximum atomic E-state index is 12.4. The maximum Gasteiger partial charge on any atom is 0.269 e. The number of benzene rings is 1. The van der Waals surface area contributed by atoms with E-state index in [0.717, 1.165) is 53.0 Å². The Kier molecular flexibility index (Phi) is 14.7. The Bertz CT molecular complexity index is 847. The highest BCUT2D eigenvalue weighted by Crippen LogP contribution is 2.35. The van der Waals surface area contributed by atoms with E-state index in [0.29, 0.717) is 32.0 Å². The molecule has 0 aliphatic heterocycles. The van der Waals surface area contributed by atoms with Crippen LogP contribution in [0.3, 0.4) is 0 Å². The fraction of sp³-hybridized carbons (Fsp3) is 0.524. The number of unbranched alkanes of at least 4 members (excludes halogenated alkanes) is 4. The molecule has 0 bridgehead atoms. The zero-order chi connectivity index (χ0) is 25.3. The maximum absolute atomic E-state index is 12.4. The zero-order valence-electron chi connectivity index (χ0n) is 19.1. The van der Waals surface area contributed by atoms with Crippen LogP contribution in [0.2, 0.25) is 0 Å². The molecule has 10 N–H and O–H groups in total. The lowest BCUT2D eigenvalue weighted by atomic mass is 10.1. The molecule has 0 atom stereocenters. The summed E-state index contributed by atoms with van der Waals surface area (Å²) in [5.74, 6) is 0.423. The van der Waals surface area contributed by atoms with E-state index in [1.165, 1.54) is 0 Å². The molecule has 190 valence electrons. The molecule has 34 heavy (non-hydrogen) atoms. The molecule has 0 fully saturated rings. The van der Waals surface area contributed by atoms with Crippen molar-refractivity contribution in [2.45, 2.75) is 44.9 Å². The van der Waals surface area contributed by atoms with Crippen LogP contribution in [0.25, 0.3) is 0 Å². The van der Waals surface area contributed by atoms with Gasteiger partial charge < -0.3 is 38.2 Å². The Morgan fingerprint density at radius 1 is 0.912 bits per heavy atom. The quantitative estimate of drug-likeness (QED) is 0.0543. The lowest BCUT2D eigenvalue weighted by Crippen LogP contribution is -2.33. The van der Waals surface area contributed by atoms with E-state index in [9.17, 15) is 10.0 Å². The van der Waals surface area contributed by atoms with E-state index in [-0.39, 0.29) is 24.1 Å². The summed E-state index contributed by atoms with van der Waals surface area (Å²) in [6.07, 6.45) is 5.33. The highest BCUT2D eigenvalue weighted by atomic mass is 79.9. The number of rotatable bonds is 16. The van der Waals surface area contributed by atoms with Gasteiger partial charge in [0.25, 0.3) is 5.91 Å². The second-order valence-corrected chi connectivity index (χ2v) is 9.16. The van der Waals surface area contributed by atoms with Crippen molar-refractivity contribution in [2.24, 2.45) is 38.1 Å². The van der Waals surface area contributed by atoms with Crippen LogP contribution in [0, 0.1) is 0 Å². The first-order valence-corrected chi connectivity index (χ1v) is 12.5. The van der Waals surface area contributed by atoms with Crippen LogP contribution in [0.15, 0.2) is 36.2 Å². The Morgan fingerprint density at radius 2 is 1.47 bits per heavy atom. The molecule has 0 saturated carbocycles. The van der Waals surface area contributed by atoms with Crippen LogP contribution < -0.4 is 33.0 Å². The lowest BCUT2D eigenvalue weighted by Gasteiger charge is -2.13. The number of carbonyl (C=O) groups excluding carboxylic acids is 1. The number of carbonyl (C=O) groups is 1. The van der Waals surface area contributed by atoms with Gasteiger partial charge in [0.1, 0.15) is 11.5 Å². The van der Waals surface area contributed by atoms with Gasteiger partial charge in [-0.3, -0.25) is 14.8 Å². The molecule has 13 heteroatoms. The molecule has 0 saturated heterocycles. The summed E-state index contributed by atoms with van der Waals surface area (Å²) in [7, 11) is 0. The lowest BCUT2D eigenvalue weighted by molar-refractivity contribution is -0.115. The van der Waals surface area contributed by atoms with Crippen LogP contribution in [0.4, 0.5) is 0 Å². The number of hydrogen-bond acceptors (Lipinski definition) is 6. The molecule has 11 nitrogen and oxygen atoms in total. The topological polar surface area (TPSA) is 200 Å². The van der Waals surface area contributed by atoms with Gasteiger partial charge >= 0.3 is 0 Å². The van der Waals surface area contributed by atoms with E-state index in [1.807, 2.05) is 12.1 Å². The molecular formula is C21H34Br2N8O3. The molecule has 0 radical (unpaired) electrons. The van der Waals surface area contributed by atoms with Crippen molar-refractivity contribution in [3.8, 4) is 5.75 Å². The number of nitrogens with zero attached hydrogens (tertiary/aromatic N) is 3. The Morgan fingerprint density at radius 3 is 2.03 bits per heavy atom. The van der Waals surface area contributed by atoms with E-state index < -0.39 is 5.91 Å². The highest BCUT2D eigenvalue weighted by Gasteiger charge is 2.16. The monoisotopic (exact) mass is 604 g/mol. The number of ether oxygens (including phenoxy) is 1. The van der Waals surface area contributed by atoms with Gasteiger partial charge in [-0.2, -0.15) is 0 Å². The van der Waals surface area contributed by atoms with Gasteiger partial charge in [0.15, 0.2) is 11.9 Å². The van der Waals surface area contributed by atoms with Crippen LogP contribution in [0.5, 0.6) is 5.75 Å². The van der Waals surface area contributed by atoms with Gasteiger partial charge in [-0.25, -0.2) is 0 Å². The Balaban J connectivity index is 2.46. The van der Waals surface area contributed by atoms with E-state index in [4.69, 9.17) is 27.7 Å². The molecule has 1 amide bonds. The number of nitrogens with two attached hydrogens (primary N) is 4. The Hall–Kier alpha value is -2.54.